The maximum absolute atomic E-state index is 12.4. The van der Waals surface area contributed by atoms with Gasteiger partial charge in [-0.15, -0.1) is 0 Å². The maximum Gasteiger partial charge on any atom is 0.221 e. The summed E-state index contributed by atoms with van der Waals surface area (Å²) >= 11 is 0. The molecule has 1 aromatic heterocycles. The van der Waals surface area contributed by atoms with E-state index >= 15 is 0 Å². The number of hydrogen-bond donors (Lipinski definition) is 1. The maximum atomic E-state index is 12.4. The molecule has 1 aliphatic heterocycles. The summed E-state index contributed by atoms with van der Waals surface area (Å²) in [6.45, 7) is 5.42. The van der Waals surface area contributed by atoms with E-state index in [4.69, 9.17) is 4.42 Å². The van der Waals surface area contributed by atoms with Gasteiger partial charge in [0, 0.05) is 19.6 Å². The average Bonchev–Trinajstić information content (AvgIpc) is 2.71. The summed E-state index contributed by atoms with van der Waals surface area (Å²) in [7, 11) is -3.30. The van der Waals surface area contributed by atoms with Crippen LogP contribution in [0.2, 0.25) is 0 Å². The van der Waals surface area contributed by atoms with Crippen LogP contribution in [0.5, 0.6) is 0 Å². The van der Waals surface area contributed by atoms with E-state index in [9.17, 15) is 8.42 Å². The van der Waals surface area contributed by atoms with Crippen LogP contribution in [0.4, 0.5) is 0 Å². The molecule has 1 saturated heterocycles. The zero-order valence-corrected chi connectivity index (χ0v) is 11.0. The van der Waals surface area contributed by atoms with Gasteiger partial charge >= 0.3 is 0 Å². The van der Waals surface area contributed by atoms with Crippen LogP contribution in [0, 0.1) is 0 Å². The Hall–Kier alpha value is -0.850. The summed E-state index contributed by atoms with van der Waals surface area (Å²) in [5, 5.41) is 3.15. The van der Waals surface area contributed by atoms with Crippen LogP contribution >= 0.6 is 0 Å². The minimum absolute atomic E-state index is 0.306. The van der Waals surface area contributed by atoms with E-state index in [0.29, 0.717) is 31.9 Å². The lowest BCUT2D eigenvalue weighted by Crippen LogP contribution is -2.45. The average molecular weight is 258 g/mol. The highest BCUT2D eigenvalue weighted by atomic mass is 32.2. The lowest BCUT2D eigenvalue weighted by molar-refractivity contribution is 0.365. The molecule has 17 heavy (non-hydrogen) atoms. The van der Waals surface area contributed by atoms with Crippen molar-refractivity contribution in [2.75, 3.05) is 19.6 Å². The van der Waals surface area contributed by atoms with Crippen molar-refractivity contribution in [3.8, 4) is 0 Å². The lowest BCUT2D eigenvalue weighted by atomic mass is 10.2. The van der Waals surface area contributed by atoms with Gasteiger partial charge in [-0.3, -0.25) is 0 Å². The van der Waals surface area contributed by atoms with Crippen molar-refractivity contribution < 1.29 is 12.8 Å². The normalized spacial score (nSPS) is 24.4. The van der Waals surface area contributed by atoms with Crippen LogP contribution in [-0.4, -0.2) is 37.1 Å². The number of nitrogens with zero attached hydrogens (tertiary/aromatic N) is 1. The number of nitrogens with one attached hydrogen (secondary N) is 1. The molecule has 0 unspecified atom stereocenters. The molecule has 0 aromatic carbocycles. The Morgan fingerprint density at radius 2 is 2.29 bits per heavy atom. The Labute approximate surface area is 102 Å². The molecular weight excluding hydrogens is 240 g/mol. The Morgan fingerprint density at radius 3 is 2.94 bits per heavy atom. The summed E-state index contributed by atoms with van der Waals surface area (Å²) < 4.78 is 30.8. The molecular formula is C11H18N2O3S. The molecule has 0 radical (unpaired) electrons. The van der Waals surface area contributed by atoms with Crippen molar-refractivity contribution in [2.24, 2.45) is 0 Å². The highest BCUT2D eigenvalue weighted by molar-refractivity contribution is 7.90. The molecule has 1 aromatic rings. The van der Waals surface area contributed by atoms with Crippen molar-refractivity contribution in [1.29, 1.82) is 0 Å². The largest absolute Gasteiger partial charge is 0.468 e. The third kappa shape index (κ3) is 2.38. The monoisotopic (exact) mass is 258 g/mol. The third-order valence-corrected chi connectivity index (χ3v) is 5.57. The van der Waals surface area contributed by atoms with E-state index in [1.165, 1.54) is 4.31 Å². The molecule has 0 amide bonds. The molecule has 2 heterocycles. The van der Waals surface area contributed by atoms with Gasteiger partial charge in [0.05, 0.1) is 17.6 Å². The van der Waals surface area contributed by atoms with Crippen molar-refractivity contribution in [2.45, 2.75) is 25.1 Å². The molecule has 0 spiro atoms. The first-order valence-electron chi connectivity index (χ1n) is 5.66. The number of hydrogen-bond acceptors (Lipinski definition) is 4. The molecule has 2 rings (SSSR count). The van der Waals surface area contributed by atoms with Gasteiger partial charge in [0.1, 0.15) is 5.76 Å². The Morgan fingerprint density at radius 1 is 1.53 bits per heavy atom. The van der Waals surface area contributed by atoms with Gasteiger partial charge in [-0.05, 0) is 26.0 Å². The van der Waals surface area contributed by atoms with Crippen molar-refractivity contribution in [3.63, 3.8) is 0 Å². The molecule has 1 fully saturated rings. The van der Waals surface area contributed by atoms with Crippen molar-refractivity contribution in [1.82, 2.24) is 9.62 Å². The molecule has 1 N–H and O–H groups in total. The molecule has 0 bridgehead atoms. The summed E-state index contributed by atoms with van der Waals surface area (Å²) in [5.41, 5.74) is 0. The van der Waals surface area contributed by atoms with Crippen LogP contribution in [0.15, 0.2) is 22.8 Å². The fourth-order valence-corrected chi connectivity index (χ4v) is 3.51. The second-order valence-electron chi connectivity index (χ2n) is 4.85. The van der Waals surface area contributed by atoms with Gasteiger partial charge in [-0.25, -0.2) is 8.42 Å². The van der Waals surface area contributed by atoms with Crippen LogP contribution in [0.25, 0.3) is 0 Å². The summed E-state index contributed by atoms with van der Waals surface area (Å²) in [6, 6.07) is 3.56. The molecule has 0 atom stereocenters. The molecule has 96 valence electrons. The first kappa shape index (κ1) is 12.6. The van der Waals surface area contributed by atoms with Crippen molar-refractivity contribution >= 4 is 10.0 Å². The summed E-state index contributed by atoms with van der Waals surface area (Å²) in [5.74, 6) is 0.672. The van der Waals surface area contributed by atoms with Crippen LogP contribution in [-0.2, 0) is 16.6 Å². The zero-order valence-electron chi connectivity index (χ0n) is 10.1. The Balaban J connectivity index is 2.26. The standard InChI is InChI=1S/C11H18N2O3S/c1-11(2)9-12-5-6-13(17(11,14)15)8-10-4-3-7-16-10/h3-4,7,12H,5-6,8-9H2,1-2H3. The molecule has 1 aliphatic rings. The van der Waals surface area contributed by atoms with Gasteiger partial charge in [0.15, 0.2) is 0 Å². The smallest absolute Gasteiger partial charge is 0.221 e. The zero-order chi connectivity index (χ0) is 12.5. The summed E-state index contributed by atoms with van der Waals surface area (Å²) in [4.78, 5) is 0. The van der Waals surface area contributed by atoms with E-state index in [0.717, 1.165) is 0 Å². The first-order chi connectivity index (χ1) is 7.93. The van der Waals surface area contributed by atoms with Crippen LogP contribution in [0.1, 0.15) is 19.6 Å². The van der Waals surface area contributed by atoms with Crippen LogP contribution in [0.3, 0.4) is 0 Å². The molecule has 6 heteroatoms. The highest BCUT2D eigenvalue weighted by Gasteiger charge is 2.40. The predicted molar refractivity (Wildman–Crippen MR) is 65.0 cm³/mol. The fourth-order valence-electron chi connectivity index (χ4n) is 1.89. The fraction of sp³-hybridized carbons (Fsp3) is 0.636. The Bertz CT molecular complexity index is 465. The topological polar surface area (TPSA) is 62.6 Å². The van der Waals surface area contributed by atoms with Gasteiger partial charge in [-0.2, -0.15) is 4.31 Å². The lowest BCUT2D eigenvalue weighted by Gasteiger charge is -2.28. The van der Waals surface area contributed by atoms with E-state index < -0.39 is 14.8 Å². The highest BCUT2D eigenvalue weighted by Crippen LogP contribution is 2.23. The minimum Gasteiger partial charge on any atom is -0.468 e. The van der Waals surface area contributed by atoms with Gasteiger partial charge in [0.25, 0.3) is 0 Å². The second-order valence-corrected chi connectivity index (χ2v) is 7.43. The minimum atomic E-state index is -3.30. The quantitative estimate of drug-likeness (QED) is 0.852. The predicted octanol–water partition coefficient (Wildman–Crippen LogP) is 0.793. The first-order valence-corrected chi connectivity index (χ1v) is 7.10. The second kappa shape index (κ2) is 4.44. The summed E-state index contributed by atoms with van der Waals surface area (Å²) in [6.07, 6.45) is 1.56. The van der Waals surface area contributed by atoms with Gasteiger partial charge in [0.2, 0.25) is 10.0 Å². The Kier molecular flexibility index (Phi) is 3.29. The third-order valence-electron chi connectivity index (χ3n) is 3.04. The van der Waals surface area contributed by atoms with E-state index in [1.807, 2.05) is 0 Å². The number of sulfonamides is 1. The SMILES string of the molecule is CC1(C)CNCCN(Cc2ccco2)S1(=O)=O. The molecule has 0 saturated carbocycles. The van der Waals surface area contributed by atoms with E-state index in [2.05, 4.69) is 5.32 Å². The number of furan rings is 1. The van der Waals surface area contributed by atoms with Gasteiger partial charge < -0.3 is 9.73 Å². The van der Waals surface area contributed by atoms with Crippen LogP contribution < -0.4 is 5.32 Å². The van der Waals surface area contributed by atoms with E-state index in [-0.39, 0.29) is 0 Å². The van der Waals surface area contributed by atoms with Gasteiger partial charge in [-0.1, -0.05) is 0 Å². The van der Waals surface area contributed by atoms with Crippen molar-refractivity contribution in [3.05, 3.63) is 24.2 Å². The van der Waals surface area contributed by atoms with E-state index in [1.54, 1.807) is 32.2 Å². The number of rotatable bonds is 2. The molecule has 5 nitrogen and oxygen atoms in total. The molecule has 0 aliphatic carbocycles.